The lowest BCUT2D eigenvalue weighted by atomic mass is 9.75. The fraction of sp³-hybridized carbons (Fsp3) is 0.871. The topological polar surface area (TPSA) is 358 Å². The van der Waals surface area contributed by atoms with Gasteiger partial charge in [-0.25, -0.2) is 14.4 Å². The smallest absolute Gasteiger partial charge is 0.335 e. The zero-order valence-electron chi connectivity index (χ0n) is 28.9. The van der Waals surface area contributed by atoms with Crippen LogP contribution in [0, 0.1) is 17.8 Å². The zero-order chi connectivity index (χ0) is 39.6. The first-order valence-electron chi connectivity index (χ1n) is 16.9. The van der Waals surface area contributed by atoms with Crippen LogP contribution in [0.25, 0.3) is 0 Å². The van der Waals surface area contributed by atoms with Gasteiger partial charge in [-0.3, -0.25) is 4.79 Å². The number of aliphatic carboxylic acids is 3. The van der Waals surface area contributed by atoms with Crippen molar-refractivity contribution in [3.8, 4) is 0 Å². The van der Waals surface area contributed by atoms with Crippen molar-refractivity contribution in [2.24, 2.45) is 17.8 Å². The number of carboxylic acid groups (broad SMARTS) is 3. The maximum Gasteiger partial charge on any atom is 0.335 e. The molecule has 0 aliphatic carbocycles. The molecule has 22 nitrogen and oxygen atoms in total. The van der Waals surface area contributed by atoms with Crippen LogP contribution in [0.4, 0.5) is 0 Å². The average molecular weight is 772 g/mol. The van der Waals surface area contributed by atoms with Crippen LogP contribution < -0.4 is 5.32 Å². The van der Waals surface area contributed by atoms with Crippen molar-refractivity contribution in [1.29, 1.82) is 0 Å². The molecule has 22 heteroatoms. The molecule has 20 atom stereocenters. The van der Waals surface area contributed by atoms with Crippen LogP contribution in [-0.2, 0) is 47.6 Å². The van der Waals surface area contributed by atoms with Gasteiger partial charge in [0.1, 0.15) is 42.7 Å². The quantitative estimate of drug-likeness (QED) is 0.0829. The van der Waals surface area contributed by atoms with Crippen LogP contribution in [0.5, 0.6) is 0 Å². The molecule has 4 saturated heterocycles. The van der Waals surface area contributed by atoms with E-state index in [2.05, 4.69) is 5.32 Å². The lowest BCUT2D eigenvalue weighted by molar-refractivity contribution is -0.285. The number of methoxy groups -OCH3 is 2. The lowest BCUT2D eigenvalue weighted by Crippen LogP contribution is -2.63. The van der Waals surface area contributed by atoms with Crippen molar-refractivity contribution < 1.29 is 104 Å². The third-order valence-corrected chi connectivity index (χ3v) is 10.7. The van der Waals surface area contributed by atoms with Gasteiger partial charge in [0.2, 0.25) is 5.91 Å². The molecule has 53 heavy (non-hydrogen) atoms. The van der Waals surface area contributed by atoms with E-state index < -0.39 is 158 Å². The summed E-state index contributed by atoms with van der Waals surface area (Å²) in [6.45, 7) is 0. The first-order chi connectivity index (χ1) is 24.9. The van der Waals surface area contributed by atoms with Crippen molar-refractivity contribution in [2.45, 2.75) is 130 Å². The Labute approximate surface area is 301 Å². The van der Waals surface area contributed by atoms with Gasteiger partial charge in [0.25, 0.3) is 0 Å². The summed E-state index contributed by atoms with van der Waals surface area (Å²) in [6, 6.07) is 0. The maximum atomic E-state index is 13.0. The number of nitrogens with one attached hydrogen (secondary N) is 1. The van der Waals surface area contributed by atoms with Gasteiger partial charge in [0.05, 0.1) is 36.6 Å². The third kappa shape index (κ3) is 8.75. The first-order valence-corrected chi connectivity index (χ1v) is 16.9. The summed E-state index contributed by atoms with van der Waals surface area (Å²) in [5, 5.41) is 118. The Balaban J connectivity index is 1.50. The van der Waals surface area contributed by atoms with Gasteiger partial charge in [-0.2, -0.15) is 0 Å². The fourth-order valence-electron chi connectivity index (χ4n) is 7.81. The molecule has 0 radical (unpaired) electrons. The largest absolute Gasteiger partial charge is 0.479 e. The van der Waals surface area contributed by atoms with E-state index in [0.29, 0.717) is 0 Å². The molecule has 304 valence electrons. The molecule has 0 aromatic heterocycles. The van der Waals surface area contributed by atoms with E-state index in [9.17, 15) is 75.3 Å². The molecular formula is C31H49NO21. The number of amides is 1. The van der Waals surface area contributed by atoms with Crippen molar-refractivity contribution >= 4 is 23.8 Å². The predicted molar refractivity (Wildman–Crippen MR) is 166 cm³/mol. The molecule has 4 fully saturated rings. The van der Waals surface area contributed by atoms with Crippen LogP contribution in [0.1, 0.15) is 25.7 Å². The highest BCUT2D eigenvalue weighted by molar-refractivity contribution is 5.81. The fourth-order valence-corrected chi connectivity index (χ4v) is 7.81. The number of hydrogen-bond donors (Lipinski definition) is 12. The molecule has 12 N–H and O–H groups in total. The summed E-state index contributed by atoms with van der Waals surface area (Å²) in [6.07, 6.45) is -30.4. The molecule has 0 aromatic carbocycles. The summed E-state index contributed by atoms with van der Waals surface area (Å²) in [5.74, 6) is -9.75. The number of ether oxygens (including phenoxy) is 6. The van der Waals surface area contributed by atoms with Crippen molar-refractivity contribution in [3.05, 3.63) is 0 Å². The Morgan fingerprint density at radius 2 is 0.943 bits per heavy atom. The van der Waals surface area contributed by atoms with E-state index >= 15 is 0 Å². The highest BCUT2D eigenvalue weighted by Crippen LogP contribution is 2.40. The number of aliphatic hydroxyl groups is 8. The molecule has 4 rings (SSSR count). The van der Waals surface area contributed by atoms with Crippen LogP contribution in [0.2, 0.25) is 0 Å². The number of aliphatic hydroxyl groups excluding tert-OH is 8. The number of carboxylic acids is 3. The summed E-state index contributed by atoms with van der Waals surface area (Å²) >= 11 is 0. The molecular weight excluding hydrogens is 722 g/mol. The van der Waals surface area contributed by atoms with Gasteiger partial charge in [-0.1, -0.05) is 0 Å². The van der Waals surface area contributed by atoms with E-state index in [1.54, 1.807) is 0 Å². The minimum atomic E-state index is -1.88. The van der Waals surface area contributed by atoms with Crippen LogP contribution in [0.3, 0.4) is 0 Å². The second-order valence-electron chi connectivity index (χ2n) is 13.7. The SMILES string of the molecule is CNC(=O)C1OC(CC2C(C(=O)O)OC(OC)C(O)C2O)C(O)C(O)C1CC1OC(C(=O)O)C(CCC2OC(C(=O)O)C(OC)C(O)C2O)C(O)C1O. The molecule has 4 aliphatic rings. The van der Waals surface area contributed by atoms with Gasteiger partial charge >= 0.3 is 17.9 Å². The van der Waals surface area contributed by atoms with E-state index in [-0.39, 0.29) is 12.8 Å². The molecule has 0 aromatic rings. The molecule has 0 saturated carbocycles. The molecule has 4 heterocycles. The van der Waals surface area contributed by atoms with E-state index in [4.69, 9.17) is 28.4 Å². The number of carbonyl (C=O) groups is 4. The van der Waals surface area contributed by atoms with Crippen LogP contribution in [-0.4, -0.2) is 205 Å². The zero-order valence-corrected chi connectivity index (χ0v) is 28.9. The van der Waals surface area contributed by atoms with Gasteiger partial charge in [-0.15, -0.1) is 0 Å². The Bertz CT molecular complexity index is 1290. The van der Waals surface area contributed by atoms with E-state index in [1.807, 2.05) is 0 Å². The maximum absolute atomic E-state index is 13.0. The number of rotatable bonds is 13. The highest BCUT2D eigenvalue weighted by atomic mass is 16.7. The number of hydrogen-bond acceptors (Lipinski definition) is 18. The van der Waals surface area contributed by atoms with Crippen LogP contribution >= 0.6 is 0 Å². The summed E-state index contributed by atoms with van der Waals surface area (Å²) in [5.41, 5.74) is 0. The standard InChI is InChI=1S/C31H49NO21/c1-32-27(41)22-9(15(34)19(38)12(51-22)7-10-16(35)21(40)31(49-3)53-24(10)29(44)45)6-13-18(37)14(33)8(23(52-13)28(42)43)4-5-11-17(36)20(39)25(48-2)26(50-11)30(46)47/h8-26,31,33-40H,4-7H2,1-3H3,(H,32,41)(H,42,43)(H,44,45)(H,46,47). The third-order valence-electron chi connectivity index (χ3n) is 10.7. The first kappa shape index (κ1) is 43.1. The minimum absolute atomic E-state index is 0.307. The lowest BCUT2D eigenvalue weighted by Gasteiger charge is -2.48. The average Bonchev–Trinajstić information content (AvgIpc) is 3.11. The van der Waals surface area contributed by atoms with Gasteiger partial charge in [-0.05, 0) is 25.7 Å². The highest BCUT2D eigenvalue weighted by Gasteiger charge is 2.56. The summed E-state index contributed by atoms with van der Waals surface area (Å²) in [7, 11) is 3.44. The molecule has 20 unspecified atom stereocenters. The van der Waals surface area contributed by atoms with Gasteiger partial charge in [0, 0.05) is 39.0 Å². The summed E-state index contributed by atoms with van der Waals surface area (Å²) in [4.78, 5) is 49.1. The van der Waals surface area contributed by atoms with Gasteiger partial charge < -0.3 is 89.9 Å². The Hall–Kier alpha value is -2.68. The van der Waals surface area contributed by atoms with Crippen molar-refractivity contribution in [1.82, 2.24) is 5.32 Å². The number of likely N-dealkylation sites (N-methyl/N-ethyl adjacent to an activating group) is 1. The molecule has 4 aliphatic heterocycles. The van der Waals surface area contributed by atoms with Gasteiger partial charge in [0.15, 0.2) is 24.6 Å². The predicted octanol–water partition coefficient (Wildman–Crippen LogP) is -6.03. The second kappa shape index (κ2) is 17.8. The van der Waals surface area contributed by atoms with E-state index in [0.717, 1.165) is 14.2 Å². The summed E-state index contributed by atoms with van der Waals surface area (Å²) < 4.78 is 32.1. The molecule has 1 amide bonds. The second-order valence-corrected chi connectivity index (χ2v) is 13.7. The Morgan fingerprint density at radius 1 is 0.509 bits per heavy atom. The number of carbonyl (C=O) groups excluding carboxylic acids is 1. The Kier molecular flexibility index (Phi) is 14.5. The molecule has 0 bridgehead atoms. The Morgan fingerprint density at radius 3 is 1.43 bits per heavy atom. The van der Waals surface area contributed by atoms with Crippen molar-refractivity contribution in [2.75, 3.05) is 21.3 Å². The molecule has 0 spiro atoms. The van der Waals surface area contributed by atoms with E-state index in [1.165, 1.54) is 7.05 Å². The monoisotopic (exact) mass is 771 g/mol. The normalized spacial score (nSPS) is 46.3. The van der Waals surface area contributed by atoms with Crippen molar-refractivity contribution in [3.63, 3.8) is 0 Å². The van der Waals surface area contributed by atoms with Crippen LogP contribution in [0.15, 0.2) is 0 Å². The minimum Gasteiger partial charge on any atom is -0.479 e.